The molecule has 0 saturated heterocycles. The van der Waals surface area contributed by atoms with Crippen LogP contribution in [-0.4, -0.2) is 50.5 Å². The van der Waals surface area contributed by atoms with E-state index in [0.29, 0.717) is 12.2 Å². The minimum atomic E-state index is -3.75. The molecule has 2 rings (SSSR count). The molecule has 7 nitrogen and oxygen atoms in total. The predicted molar refractivity (Wildman–Crippen MR) is 136 cm³/mol. The fourth-order valence-corrected chi connectivity index (χ4v) is 4.77. The Hall–Kier alpha value is -2.39. The van der Waals surface area contributed by atoms with Crippen LogP contribution in [0.4, 0.5) is 5.69 Å². The lowest BCUT2D eigenvalue weighted by atomic mass is 10.1. The highest BCUT2D eigenvalue weighted by atomic mass is 79.9. The van der Waals surface area contributed by atoms with Gasteiger partial charge in [-0.05, 0) is 56.0 Å². The van der Waals surface area contributed by atoms with Crippen molar-refractivity contribution in [1.29, 1.82) is 0 Å². The molecule has 0 aliphatic carbocycles. The van der Waals surface area contributed by atoms with Gasteiger partial charge >= 0.3 is 0 Å². The molecule has 0 radical (unpaired) electrons. The van der Waals surface area contributed by atoms with Crippen molar-refractivity contribution in [2.45, 2.75) is 46.7 Å². The summed E-state index contributed by atoms with van der Waals surface area (Å²) >= 11 is 3.40. The SMILES string of the molecule is CCCNC(=O)C(C)N(Cc1ccc(Br)cc1)C(=O)CN(c1c(C)cccc1C)S(C)(=O)=O. The van der Waals surface area contributed by atoms with Crippen molar-refractivity contribution in [3.8, 4) is 0 Å². The van der Waals surface area contributed by atoms with Crippen LogP contribution in [0.25, 0.3) is 0 Å². The van der Waals surface area contributed by atoms with Crippen LogP contribution in [-0.2, 0) is 26.2 Å². The third-order valence-electron chi connectivity index (χ3n) is 5.35. The van der Waals surface area contributed by atoms with E-state index in [2.05, 4.69) is 21.2 Å². The first kappa shape index (κ1) is 26.9. The molecule has 33 heavy (non-hydrogen) atoms. The zero-order valence-electron chi connectivity index (χ0n) is 19.8. The van der Waals surface area contributed by atoms with Crippen LogP contribution >= 0.6 is 15.9 Å². The molecule has 0 heterocycles. The molecule has 0 bridgehead atoms. The third kappa shape index (κ3) is 7.30. The van der Waals surface area contributed by atoms with Gasteiger partial charge in [-0.2, -0.15) is 0 Å². The summed E-state index contributed by atoms with van der Waals surface area (Å²) < 4.78 is 27.4. The van der Waals surface area contributed by atoms with Crippen molar-refractivity contribution in [1.82, 2.24) is 10.2 Å². The quantitative estimate of drug-likeness (QED) is 0.499. The fraction of sp³-hybridized carbons (Fsp3) is 0.417. The van der Waals surface area contributed by atoms with Gasteiger partial charge in [0, 0.05) is 17.6 Å². The highest BCUT2D eigenvalue weighted by Crippen LogP contribution is 2.27. The molecule has 0 saturated carbocycles. The van der Waals surface area contributed by atoms with Gasteiger partial charge in [0.1, 0.15) is 12.6 Å². The highest BCUT2D eigenvalue weighted by Gasteiger charge is 2.31. The van der Waals surface area contributed by atoms with Crippen LogP contribution in [0.2, 0.25) is 0 Å². The van der Waals surface area contributed by atoms with Gasteiger partial charge < -0.3 is 10.2 Å². The topological polar surface area (TPSA) is 86.8 Å². The van der Waals surface area contributed by atoms with Gasteiger partial charge in [-0.15, -0.1) is 0 Å². The number of nitrogens with zero attached hydrogens (tertiary/aromatic N) is 2. The lowest BCUT2D eigenvalue weighted by molar-refractivity contribution is -0.139. The van der Waals surface area contributed by atoms with Gasteiger partial charge in [-0.25, -0.2) is 8.42 Å². The van der Waals surface area contributed by atoms with E-state index < -0.39 is 28.5 Å². The normalized spacial score (nSPS) is 12.2. The smallest absolute Gasteiger partial charge is 0.244 e. The maximum absolute atomic E-state index is 13.5. The molecule has 0 aliphatic heterocycles. The van der Waals surface area contributed by atoms with E-state index in [1.54, 1.807) is 6.92 Å². The number of sulfonamides is 1. The van der Waals surface area contributed by atoms with Crippen LogP contribution in [0.15, 0.2) is 46.9 Å². The third-order valence-corrected chi connectivity index (χ3v) is 6.99. The second-order valence-corrected chi connectivity index (χ2v) is 10.9. The summed E-state index contributed by atoms with van der Waals surface area (Å²) in [5.41, 5.74) is 2.82. The molecule has 0 aromatic heterocycles. The number of amides is 2. The zero-order chi connectivity index (χ0) is 24.8. The number of para-hydroxylation sites is 1. The minimum absolute atomic E-state index is 0.178. The predicted octanol–water partition coefficient (Wildman–Crippen LogP) is 3.78. The molecule has 180 valence electrons. The standard InChI is InChI=1S/C24H32BrN3O4S/c1-6-14-26-24(30)19(4)27(15-20-10-12-21(25)13-11-20)22(29)16-28(33(5,31)32)23-17(2)8-7-9-18(23)3/h7-13,19H,6,14-16H2,1-5H3,(H,26,30). The van der Waals surface area contributed by atoms with Gasteiger partial charge in [-0.1, -0.05) is 53.2 Å². The Morgan fingerprint density at radius 3 is 2.15 bits per heavy atom. The number of benzene rings is 2. The average molecular weight is 539 g/mol. The van der Waals surface area contributed by atoms with Crippen LogP contribution in [0.5, 0.6) is 0 Å². The lowest BCUT2D eigenvalue weighted by Crippen LogP contribution is -2.51. The average Bonchev–Trinajstić information content (AvgIpc) is 2.74. The number of hydrogen-bond donors (Lipinski definition) is 1. The minimum Gasteiger partial charge on any atom is -0.354 e. The number of carbonyl (C=O) groups excluding carboxylic acids is 2. The first-order chi connectivity index (χ1) is 15.5. The number of rotatable bonds is 10. The van der Waals surface area contributed by atoms with Crippen LogP contribution in [0, 0.1) is 13.8 Å². The molecule has 9 heteroatoms. The van der Waals surface area contributed by atoms with Crippen LogP contribution < -0.4 is 9.62 Å². The molecule has 0 spiro atoms. The Bertz CT molecular complexity index is 1070. The van der Waals surface area contributed by atoms with E-state index in [4.69, 9.17) is 0 Å². The summed E-state index contributed by atoms with van der Waals surface area (Å²) in [7, 11) is -3.75. The summed E-state index contributed by atoms with van der Waals surface area (Å²) in [6.07, 6.45) is 1.86. The Morgan fingerprint density at radius 1 is 1.06 bits per heavy atom. The molecule has 2 aromatic rings. The number of aryl methyl sites for hydroxylation is 2. The van der Waals surface area contributed by atoms with Gasteiger partial charge in [0.25, 0.3) is 0 Å². The van der Waals surface area contributed by atoms with Gasteiger partial charge in [0.05, 0.1) is 11.9 Å². The van der Waals surface area contributed by atoms with Crippen molar-refractivity contribution in [3.05, 3.63) is 63.6 Å². The number of nitrogens with one attached hydrogen (secondary N) is 1. The Kier molecular flexibility index (Phi) is 9.48. The fourth-order valence-electron chi connectivity index (χ4n) is 3.54. The van der Waals surface area contributed by atoms with Crippen LogP contribution in [0.1, 0.15) is 37.0 Å². The maximum Gasteiger partial charge on any atom is 0.244 e. The molecule has 0 aliphatic rings. The van der Waals surface area contributed by atoms with Crippen molar-refractivity contribution in [2.75, 3.05) is 23.7 Å². The van der Waals surface area contributed by atoms with Crippen molar-refractivity contribution < 1.29 is 18.0 Å². The first-order valence-electron chi connectivity index (χ1n) is 10.8. The number of carbonyl (C=O) groups is 2. The largest absolute Gasteiger partial charge is 0.354 e. The molecular formula is C24H32BrN3O4S. The maximum atomic E-state index is 13.5. The molecule has 2 aromatic carbocycles. The van der Waals surface area contributed by atoms with Gasteiger partial charge in [-0.3, -0.25) is 13.9 Å². The lowest BCUT2D eigenvalue weighted by Gasteiger charge is -2.32. The number of anilines is 1. The molecule has 0 fully saturated rings. The van der Waals surface area contributed by atoms with Crippen molar-refractivity contribution >= 4 is 43.5 Å². The van der Waals surface area contributed by atoms with E-state index in [9.17, 15) is 18.0 Å². The molecule has 1 unspecified atom stereocenters. The zero-order valence-corrected chi connectivity index (χ0v) is 22.2. The molecule has 1 N–H and O–H groups in total. The summed E-state index contributed by atoms with van der Waals surface area (Å²) in [5, 5.41) is 2.82. The first-order valence-corrected chi connectivity index (χ1v) is 13.4. The van der Waals surface area contributed by atoms with Gasteiger partial charge in [0.2, 0.25) is 21.8 Å². The molecule has 2 amide bonds. The van der Waals surface area contributed by atoms with E-state index in [-0.39, 0.29) is 12.5 Å². The summed E-state index contributed by atoms with van der Waals surface area (Å²) in [4.78, 5) is 27.7. The van der Waals surface area contributed by atoms with E-state index >= 15 is 0 Å². The second-order valence-electron chi connectivity index (χ2n) is 8.13. The Labute approximate surface area is 205 Å². The Morgan fingerprint density at radius 2 is 1.64 bits per heavy atom. The summed E-state index contributed by atoms with van der Waals surface area (Å²) in [5.74, 6) is -0.731. The molecular weight excluding hydrogens is 506 g/mol. The van der Waals surface area contributed by atoms with E-state index in [0.717, 1.165) is 38.1 Å². The second kappa shape index (κ2) is 11.7. The molecule has 1 atom stereocenters. The Balaban J connectivity index is 2.42. The number of halogens is 1. The van der Waals surface area contributed by atoms with Crippen molar-refractivity contribution in [2.24, 2.45) is 0 Å². The monoisotopic (exact) mass is 537 g/mol. The van der Waals surface area contributed by atoms with Gasteiger partial charge in [0.15, 0.2) is 0 Å². The van der Waals surface area contributed by atoms with E-state index in [1.165, 1.54) is 4.90 Å². The van der Waals surface area contributed by atoms with Crippen LogP contribution in [0.3, 0.4) is 0 Å². The number of hydrogen-bond acceptors (Lipinski definition) is 4. The highest BCUT2D eigenvalue weighted by molar-refractivity contribution is 9.10. The van der Waals surface area contributed by atoms with Crippen molar-refractivity contribution in [3.63, 3.8) is 0 Å². The van der Waals surface area contributed by atoms with E-state index in [1.807, 2.05) is 63.2 Å². The summed E-state index contributed by atoms with van der Waals surface area (Å²) in [6, 6.07) is 12.1. The summed E-state index contributed by atoms with van der Waals surface area (Å²) in [6.45, 7) is 7.51.